The van der Waals surface area contributed by atoms with Crippen LogP contribution in [0.5, 0.6) is 0 Å². The first-order chi connectivity index (χ1) is 11.4. The fraction of sp³-hybridized carbons (Fsp3) is 0.467. The zero-order chi connectivity index (χ0) is 17.7. The molecule has 0 atom stereocenters. The maximum atomic E-state index is 12.0. The Balaban J connectivity index is 1.83. The van der Waals surface area contributed by atoms with Crippen molar-refractivity contribution < 1.29 is 4.79 Å². The SMILES string of the molecule is CCn1nc(C)c(NC(=O)CNCCc2c[nH]c(=O)[nH]c2=O)c1C. The second-order valence-electron chi connectivity index (χ2n) is 5.43. The molecule has 2 aromatic heterocycles. The topological polar surface area (TPSA) is 125 Å². The molecular formula is C15H22N6O3. The summed E-state index contributed by atoms with van der Waals surface area (Å²) in [6, 6.07) is 0. The van der Waals surface area contributed by atoms with Crippen LogP contribution in [0.2, 0.25) is 0 Å². The number of amides is 1. The van der Waals surface area contributed by atoms with E-state index in [9.17, 15) is 14.4 Å². The minimum absolute atomic E-state index is 0.122. The van der Waals surface area contributed by atoms with Crippen LogP contribution in [0.15, 0.2) is 15.8 Å². The summed E-state index contributed by atoms with van der Waals surface area (Å²) in [5, 5.41) is 10.2. The maximum absolute atomic E-state index is 12.0. The molecule has 0 spiro atoms. The first-order valence-corrected chi connectivity index (χ1v) is 7.77. The lowest BCUT2D eigenvalue weighted by Crippen LogP contribution is -2.31. The van der Waals surface area contributed by atoms with Crippen LogP contribution in [-0.4, -0.2) is 38.7 Å². The summed E-state index contributed by atoms with van der Waals surface area (Å²) >= 11 is 0. The number of nitrogens with zero attached hydrogens (tertiary/aromatic N) is 2. The fourth-order valence-corrected chi connectivity index (χ4v) is 2.42. The van der Waals surface area contributed by atoms with Crippen molar-refractivity contribution in [2.45, 2.75) is 33.7 Å². The molecule has 130 valence electrons. The van der Waals surface area contributed by atoms with Crippen molar-refractivity contribution >= 4 is 11.6 Å². The van der Waals surface area contributed by atoms with Crippen LogP contribution < -0.4 is 21.9 Å². The van der Waals surface area contributed by atoms with Gasteiger partial charge in [0, 0.05) is 18.3 Å². The molecule has 0 aliphatic carbocycles. The molecule has 0 aromatic carbocycles. The van der Waals surface area contributed by atoms with Crippen molar-refractivity contribution in [3.8, 4) is 0 Å². The highest BCUT2D eigenvalue weighted by Gasteiger charge is 2.13. The zero-order valence-electron chi connectivity index (χ0n) is 14.0. The molecule has 1 amide bonds. The summed E-state index contributed by atoms with van der Waals surface area (Å²) in [4.78, 5) is 39.0. The van der Waals surface area contributed by atoms with Crippen LogP contribution in [0.1, 0.15) is 23.9 Å². The van der Waals surface area contributed by atoms with Gasteiger partial charge in [-0.1, -0.05) is 0 Å². The predicted molar refractivity (Wildman–Crippen MR) is 90.3 cm³/mol. The smallest absolute Gasteiger partial charge is 0.322 e. The molecule has 0 saturated heterocycles. The number of carbonyl (C=O) groups is 1. The molecule has 9 heteroatoms. The van der Waals surface area contributed by atoms with E-state index in [0.29, 0.717) is 18.5 Å². The van der Waals surface area contributed by atoms with Crippen LogP contribution in [0.4, 0.5) is 5.69 Å². The lowest BCUT2D eigenvalue weighted by atomic mass is 10.2. The number of carbonyl (C=O) groups excluding carboxylic acids is 1. The number of hydrogen-bond donors (Lipinski definition) is 4. The number of hydrogen-bond acceptors (Lipinski definition) is 5. The second kappa shape index (κ2) is 7.73. The van der Waals surface area contributed by atoms with E-state index in [4.69, 9.17) is 0 Å². The molecule has 4 N–H and O–H groups in total. The van der Waals surface area contributed by atoms with E-state index >= 15 is 0 Å². The Morgan fingerprint density at radius 3 is 2.71 bits per heavy atom. The normalized spacial score (nSPS) is 10.8. The number of aromatic amines is 2. The Morgan fingerprint density at radius 2 is 2.08 bits per heavy atom. The van der Waals surface area contributed by atoms with Gasteiger partial charge in [0.1, 0.15) is 0 Å². The van der Waals surface area contributed by atoms with E-state index in [2.05, 4.69) is 25.7 Å². The molecule has 9 nitrogen and oxygen atoms in total. The summed E-state index contributed by atoms with van der Waals surface area (Å²) < 4.78 is 1.83. The van der Waals surface area contributed by atoms with Gasteiger partial charge >= 0.3 is 5.69 Å². The first-order valence-electron chi connectivity index (χ1n) is 7.77. The van der Waals surface area contributed by atoms with Gasteiger partial charge in [-0.15, -0.1) is 0 Å². The van der Waals surface area contributed by atoms with Gasteiger partial charge in [0.2, 0.25) is 5.91 Å². The molecule has 0 unspecified atom stereocenters. The van der Waals surface area contributed by atoms with Gasteiger partial charge in [-0.05, 0) is 33.7 Å². The van der Waals surface area contributed by atoms with Gasteiger partial charge in [-0.3, -0.25) is 19.3 Å². The van der Waals surface area contributed by atoms with E-state index in [1.165, 1.54) is 6.20 Å². The van der Waals surface area contributed by atoms with Crippen LogP contribution in [0.25, 0.3) is 0 Å². The lowest BCUT2D eigenvalue weighted by molar-refractivity contribution is -0.115. The summed E-state index contributed by atoms with van der Waals surface area (Å²) in [5.41, 5.74) is 1.95. The highest BCUT2D eigenvalue weighted by Crippen LogP contribution is 2.18. The first kappa shape index (κ1) is 17.7. The Hall–Kier alpha value is -2.68. The molecule has 2 heterocycles. The number of nitrogens with one attached hydrogen (secondary N) is 4. The summed E-state index contributed by atoms with van der Waals surface area (Å²) in [5.74, 6) is -0.174. The molecular weight excluding hydrogens is 312 g/mol. The van der Waals surface area contributed by atoms with Crippen molar-refractivity contribution in [3.63, 3.8) is 0 Å². The Bertz CT molecular complexity index is 832. The van der Waals surface area contributed by atoms with E-state index in [-0.39, 0.29) is 12.5 Å². The fourth-order valence-electron chi connectivity index (χ4n) is 2.42. The molecule has 24 heavy (non-hydrogen) atoms. The van der Waals surface area contributed by atoms with Crippen LogP contribution in [0.3, 0.4) is 0 Å². The average molecular weight is 334 g/mol. The van der Waals surface area contributed by atoms with Gasteiger partial charge in [0.05, 0.1) is 23.6 Å². The highest BCUT2D eigenvalue weighted by molar-refractivity contribution is 5.93. The molecule has 0 radical (unpaired) electrons. The van der Waals surface area contributed by atoms with Crippen LogP contribution >= 0.6 is 0 Å². The number of aromatic nitrogens is 4. The zero-order valence-corrected chi connectivity index (χ0v) is 14.0. The molecule has 0 aliphatic rings. The van der Waals surface area contributed by atoms with Crippen molar-refractivity contribution in [2.24, 2.45) is 0 Å². The third-order valence-electron chi connectivity index (χ3n) is 3.70. The monoisotopic (exact) mass is 334 g/mol. The lowest BCUT2D eigenvalue weighted by Gasteiger charge is -2.07. The largest absolute Gasteiger partial charge is 0.325 e. The number of H-pyrrole nitrogens is 2. The van der Waals surface area contributed by atoms with Gasteiger partial charge in [0.25, 0.3) is 5.56 Å². The number of rotatable bonds is 7. The third kappa shape index (κ3) is 4.19. The van der Waals surface area contributed by atoms with Gasteiger partial charge in [0.15, 0.2) is 0 Å². The van der Waals surface area contributed by atoms with Crippen molar-refractivity contribution in [3.05, 3.63) is 44.0 Å². The highest BCUT2D eigenvalue weighted by atomic mass is 16.2. The number of anilines is 1. The van der Waals surface area contributed by atoms with Gasteiger partial charge in [-0.25, -0.2) is 4.79 Å². The van der Waals surface area contributed by atoms with Gasteiger partial charge < -0.3 is 15.6 Å². The van der Waals surface area contributed by atoms with Gasteiger partial charge in [-0.2, -0.15) is 5.10 Å². The van der Waals surface area contributed by atoms with Crippen LogP contribution in [0, 0.1) is 13.8 Å². The average Bonchev–Trinajstić information content (AvgIpc) is 2.80. The molecule has 0 fully saturated rings. The molecule has 0 aliphatic heterocycles. The maximum Gasteiger partial charge on any atom is 0.325 e. The quantitative estimate of drug-likeness (QED) is 0.516. The molecule has 0 saturated carbocycles. The third-order valence-corrected chi connectivity index (χ3v) is 3.70. The van der Waals surface area contributed by atoms with Crippen molar-refractivity contribution in [2.75, 3.05) is 18.4 Å². The van der Waals surface area contributed by atoms with Crippen molar-refractivity contribution in [1.29, 1.82) is 0 Å². The molecule has 2 aromatic rings. The molecule has 0 bridgehead atoms. The predicted octanol–water partition coefficient (Wildman–Crippen LogP) is -0.333. The minimum Gasteiger partial charge on any atom is -0.322 e. The summed E-state index contributed by atoms with van der Waals surface area (Å²) in [6.07, 6.45) is 1.79. The van der Waals surface area contributed by atoms with E-state index in [1.54, 1.807) is 0 Å². The Labute approximate surface area is 138 Å². The van der Waals surface area contributed by atoms with E-state index in [1.807, 2.05) is 25.5 Å². The summed E-state index contributed by atoms with van der Waals surface area (Å²) in [6.45, 7) is 7.06. The van der Waals surface area contributed by atoms with E-state index < -0.39 is 11.2 Å². The summed E-state index contributed by atoms with van der Waals surface area (Å²) in [7, 11) is 0. The van der Waals surface area contributed by atoms with Crippen molar-refractivity contribution in [1.82, 2.24) is 25.1 Å². The van der Waals surface area contributed by atoms with Crippen LogP contribution in [-0.2, 0) is 17.8 Å². The Kier molecular flexibility index (Phi) is 5.69. The standard InChI is InChI=1S/C15H22N6O3/c1-4-21-10(3)13(9(2)20-21)18-12(22)8-16-6-5-11-7-17-15(24)19-14(11)23/h7,16H,4-6,8H2,1-3H3,(H,18,22)(H2,17,19,23,24). The second-order valence-corrected chi connectivity index (χ2v) is 5.43. The van der Waals surface area contributed by atoms with E-state index in [0.717, 1.165) is 23.6 Å². The Morgan fingerprint density at radius 1 is 1.33 bits per heavy atom. The minimum atomic E-state index is -0.533. The number of aryl methyl sites for hydroxylation is 2. The molecule has 2 rings (SSSR count).